The third kappa shape index (κ3) is 5.95. The summed E-state index contributed by atoms with van der Waals surface area (Å²) in [5.74, 6) is 0.919. The van der Waals surface area contributed by atoms with Gasteiger partial charge in [0.05, 0.1) is 0 Å². The zero-order valence-corrected chi connectivity index (χ0v) is 21.9. The van der Waals surface area contributed by atoms with Crippen molar-refractivity contribution in [1.82, 2.24) is 20.1 Å². The molecule has 3 aromatic rings. The van der Waals surface area contributed by atoms with Crippen molar-refractivity contribution < 1.29 is 14.0 Å². The van der Waals surface area contributed by atoms with Gasteiger partial charge in [0.25, 0.3) is 5.91 Å². The molecule has 36 heavy (non-hydrogen) atoms. The number of rotatable bonds is 9. The minimum absolute atomic E-state index is 0.00608. The molecule has 1 atom stereocenters. The summed E-state index contributed by atoms with van der Waals surface area (Å²) in [6, 6.07) is 13.5. The van der Waals surface area contributed by atoms with Crippen LogP contribution in [-0.2, 0) is 4.79 Å². The maximum absolute atomic E-state index is 13.2. The average molecular weight is 491 g/mol. The van der Waals surface area contributed by atoms with Crippen molar-refractivity contribution in [3.8, 4) is 11.5 Å². The van der Waals surface area contributed by atoms with E-state index >= 15 is 0 Å². The maximum Gasteiger partial charge on any atom is 0.253 e. The highest BCUT2D eigenvalue weighted by atomic mass is 16.3. The molecule has 7 heteroatoms. The van der Waals surface area contributed by atoms with Crippen molar-refractivity contribution in [3.05, 3.63) is 53.6 Å². The van der Waals surface area contributed by atoms with Gasteiger partial charge in [-0.1, -0.05) is 38.5 Å². The Morgan fingerprint density at radius 2 is 1.81 bits per heavy atom. The molecule has 7 nitrogen and oxygen atoms in total. The molecule has 1 N–H and O–H groups in total. The molecule has 192 valence electrons. The molecule has 1 fully saturated rings. The van der Waals surface area contributed by atoms with Gasteiger partial charge in [-0.25, -0.2) is 4.98 Å². The van der Waals surface area contributed by atoms with E-state index in [-0.39, 0.29) is 23.7 Å². The van der Waals surface area contributed by atoms with Crippen LogP contribution in [-0.4, -0.2) is 65.9 Å². The van der Waals surface area contributed by atoms with Crippen LogP contribution in [0, 0.1) is 18.8 Å². The van der Waals surface area contributed by atoms with Gasteiger partial charge in [0.15, 0.2) is 5.58 Å². The monoisotopic (exact) mass is 490 g/mol. The molecule has 2 amide bonds. The van der Waals surface area contributed by atoms with Gasteiger partial charge in [0.1, 0.15) is 5.52 Å². The average Bonchev–Trinajstić information content (AvgIpc) is 3.34. The minimum atomic E-state index is -0.0503. The topological polar surface area (TPSA) is 78.7 Å². The molecular formula is C29H38N4O3. The van der Waals surface area contributed by atoms with E-state index in [0.717, 1.165) is 38.0 Å². The Morgan fingerprint density at radius 3 is 2.47 bits per heavy atom. The van der Waals surface area contributed by atoms with Crippen molar-refractivity contribution in [2.75, 3.05) is 39.3 Å². The van der Waals surface area contributed by atoms with E-state index in [1.165, 1.54) is 5.56 Å². The summed E-state index contributed by atoms with van der Waals surface area (Å²) in [5, 5.41) is 3.10. The standard InChI is InChI=1S/C29H38N4O3/c1-5-32(6-2)18-15-30-27(34)21(4)22-13-16-33(17-14-22)29(35)24-11-12-26-25(19-24)31-28(36-26)23-9-7-20(3)8-10-23/h7-12,19,21-22H,5-6,13-18H2,1-4H3,(H,30,34). The molecule has 0 spiro atoms. The van der Waals surface area contributed by atoms with E-state index in [1.807, 2.05) is 61.2 Å². The Kier molecular flexibility index (Phi) is 8.41. The molecule has 1 aliphatic heterocycles. The molecule has 0 aliphatic carbocycles. The number of likely N-dealkylation sites (tertiary alicyclic amines) is 1. The van der Waals surface area contributed by atoms with E-state index in [1.54, 1.807) is 0 Å². The lowest BCUT2D eigenvalue weighted by Crippen LogP contribution is -2.43. The molecule has 0 bridgehead atoms. The predicted molar refractivity (Wildman–Crippen MR) is 143 cm³/mol. The van der Waals surface area contributed by atoms with Gasteiger partial charge in [-0.3, -0.25) is 9.59 Å². The number of aromatic nitrogens is 1. The fourth-order valence-corrected chi connectivity index (χ4v) is 4.92. The summed E-state index contributed by atoms with van der Waals surface area (Å²) in [6.07, 6.45) is 1.67. The Bertz CT molecular complexity index is 1170. The van der Waals surface area contributed by atoms with Gasteiger partial charge in [0.2, 0.25) is 11.8 Å². The van der Waals surface area contributed by atoms with Gasteiger partial charge in [-0.15, -0.1) is 0 Å². The Morgan fingerprint density at radius 1 is 1.11 bits per heavy atom. The number of piperidine rings is 1. The number of fused-ring (bicyclic) bond motifs is 1. The minimum Gasteiger partial charge on any atom is -0.436 e. The van der Waals surface area contributed by atoms with Crippen LogP contribution in [0.3, 0.4) is 0 Å². The second kappa shape index (κ2) is 11.7. The first-order valence-corrected chi connectivity index (χ1v) is 13.2. The highest BCUT2D eigenvalue weighted by molar-refractivity contribution is 5.97. The summed E-state index contributed by atoms with van der Waals surface area (Å²) in [6.45, 7) is 13.2. The fourth-order valence-electron chi connectivity index (χ4n) is 4.92. The highest BCUT2D eigenvalue weighted by Crippen LogP contribution is 2.28. The highest BCUT2D eigenvalue weighted by Gasteiger charge is 2.30. The number of oxazole rings is 1. The van der Waals surface area contributed by atoms with Gasteiger partial charge >= 0.3 is 0 Å². The number of hydrogen-bond acceptors (Lipinski definition) is 5. The number of nitrogens with zero attached hydrogens (tertiary/aromatic N) is 3. The molecule has 1 saturated heterocycles. The molecule has 0 radical (unpaired) electrons. The number of likely N-dealkylation sites (N-methyl/N-ethyl adjacent to an activating group) is 1. The quantitative estimate of drug-likeness (QED) is 0.468. The Labute approximate surface area is 213 Å². The van der Waals surface area contributed by atoms with Crippen LogP contribution in [0.2, 0.25) is 0 Å². The normalized spacial score (nSPS) is 15.4. The number of carbonyl (C=O) groups is 2. The van der Waals surface area contributed by atoms with Crippen LogP contribution in [0.25, 0.3) is 22.6 Å². The lowest BCUT2D eigenvalue weighted by Gasteiger charge is -2.34. The van der Waals surface area contributed by atoms with Gasteiger partial charge < -0.3 is 19.5 Å². The predicted octanol–water partition coefficient (Wildman–Crippen LogP) is 4.75. The Balaban J connectivity index is 1.32. The molecule has 0 saturated carbocycles. The number of amides is 2. The van der Waals surface area contributed by atoms with Gasteiger partial charge in [-0.2, -0.15) is 0 Å². The Hall–Kier alpha value is -3.19. The molecule has 4 rings (SSSR count). The van der Waals surface area contributed by atoms with Crippen molar-refractivity contribution in [3.63, 3.8) is 0 Å². The number of nitrogens with one attached hydrogen (secondary N) is 1. The second-order valence-electron chi connectivity index (χ2n) is 9.80. The SMILES string of the molecule is CCN(CC)CCNC(=O)C(C)C1CCN(C(=O)c2ccc3oc(-c4ccc(C)cc4)nc3c2)CC1. The van der Waals surface area contributed by atoms with Crippen molar-refractivity contribution in [2.45, 2.75) is 40.5 Å². The zero-order valence-electron chi connectivity index (χ0n) is 21.9. The molecule has 1 aromatic heterocycles. The molecular weight excluding hydrogens is 452 g/mol. The van der Waals surface area contributed by atoms with Crippen molar-refractivity contribution in [2.24, 2.45) is 11.8 Å². The molecule has 1 unspecified atom stereocenters. The first-order valence-electron chi connectivity index (χ1n) is 13.2. The van der Waals surface area contributed by atoms with Crippen LogP contribution >= 0.6 is 0 Å². The summed E-state index contributed by atoms with van der Waals surface area (Å²) in [4.78, 5) is 34.7. The van der Waals surface area contributed by atoms with Crippen molar-refractivity contribution in [1.29, 1.82) is 0 Å². The third-order valence-electron chi connectivity index (χ3n) is 7.50. The van der Waals surface area contributed by atoms with E-state index in [2.05, 4.69) is 29.0 Å². The number of aryl methyl sites for hydroxylation is 1. The summed E-state index contributed by atoms with van der Waals surface area (Å²) in [7, 11) is 0. The fraction of sp³-hybridized carbons (Fsp3) is 0.483. The van der Waals surface area contributed by atoms with Gasteiger partial charge in [0, 0.05) is 43.2 Å². The second-order valence-corrected chi connectivity index (χ2v) is 9.80. The molecule has 2 heterocycles. The number of hydrogen-bond donors (Lipinski definition) is 1. The maximum atomic E-state index is 13.2. The van der Waals surface area contributed by atoms with E-state index in [0.29, 0.717) is 42.2 Å². The third-order valence-corrected chi connectivity index (χ3v) is 7.50. The number of benzene rings is 2. The van der Waals surface area contributed by atoms with E-state index in [9.17, 15) is 9.59 Å². The summed E-state index contributed by atoms with van der Waals surface area (Å²) < 4.78 is 5.91. The van der Waals surface area contributed by atoms with E-state index in [4.69, 9.17) is 4.42 Å². The van der Waals surface area contributed by atoms with Crippen LogP contribution in [0.1, 0.15) is 49.5 Å². The summed E-state index contributed by atoms with van der Waals surface area (Å²) >= 11 is 0. The lowest BCUT2D eigenvalue weighted by molar-refractivity contribution is -0.126. The van der Waals surface area contributed by atoms with Crippen LogP contribution in [0.4, 0.5) is 0 Å². The van der Waals surface area contributed by atoms with Gasteiger partial charge in [-0.05, 0) is 69.1 Å². The smallest absolute Gasteiger partial charge is 0.253 e. The summed E-state index contributed by atoms with van der Waals surface area (Å²) in [5.41, 5.74) is 4.06. The zero-order chi connectivity index (χ0) is 25.7. The van der Waals surface area contributed by atoms with Crippen LogP contribution in [0.5, 0.6) is 0 Å². The van der Waals surface area contributed by atoms with Crippen LogP contribution < -0.4 is 5.32 Å². The lowest BCUT2D eigenvalue weighted by atomic mass is 9.84. The van der Waals surface area contributed by atoms with Crippen LogP contribution in [0.15, 0.2) is 46.9 Å². The van der Waals surface area contributed by atoms with Crippen molar-refractivity contribution >= 4 is 22.9 Å². The number of carbonyl (C=O) groups excluding carboxylic acids is 2. The molecule has 2 aromatic carbocycles. The first kappa shape index (κ1) is 25.9. The largest absolute Gasteiger partial charge is 0.436 e. The van der Waals surface area contributed by atoms with E-state index < -0.39 is 0 Å². The first-order chi connectivity index (χ1) is 17.4. The molecule has 1 aliphatic rings.